The van der Waals surface area contributed by atoms with E-state index in [9.17, 15) is 57.8 Å². The molecule has 0 saturated heterocycles. The number of carbonyl (C=O) groups is 11. The number of carboxylic acid groups (broad SMARTS) is 1. The number of amides is 10. The molecule has 0 heterocycles. The highest BCUT2D eigenvalue weighted by atomic mass is 16.4. The number of nitrogens with one attached hydrogen (secondary N) is 10. The van der Waals surface area contributed by atoms with E-state index >= 15 is 0 Å². The maximum atomic E-state index is 13.0. The Morgan fingerprint density at radius 1 is 0.635 bits per heavy atom. The number of benzene rings is 1. The van der Waals surface area contributed by atoms with E-state index in [0.29, 0.717) is 0 Å². The fraction of sp³-hybridized carbons (Fsp3) is 0.526. The fourth-order valence-electron chi connectivity index (χ4n) is 5.17. The van der Waals surface area contributed by atoms with Crippen LogP contribution >= 0.6 is 0 Å². The molecule has 0 unspecified atom stereocenters. The van der Waals surface area contributed by atoms with Crippen LogP contribution in [0.2, 0.25) is 0 Å². The quantitative estimate of drug-likeness (QED) is 0.0324. The summed E-state index contributed by atoms with van der Waals surface area (Å²) in [6.07, 6.45) is -0.743. The largest absolute Gasteiger partial charge is 0.481 e. The predicted molar refractivity (Wildman–Crippen MR) is 225 cm³/mol. The molecule has 0 radical (unpaired) electrons. The Bertz CT molecular complexity index is 1900. The second-order valence-corrected chi connectivity index (χ2v) is 15.3. The molecule has 25 nitrogen and oxygen atoms in total. The van der Waals surface area contributed by atoms with Crippen LogP contribution in [0.1, 0.15) is 71.7 Å². The molecule has 0 bridgehead atoms. The fourth-order valence-corrected chi connectivity index (χ4v) is 5.17. The summed E-state index contributed by atoms with van der Waals surface area (Å²) in [4.78, 5) is 141. The second-order valence-electron chi connectivity index (χ2n) is 15.3. The maximum absolute atomic E-state index is 13.0. The second kappa shape index (κ2) is 26.1. The molecule has 0 saturated carbocycles. The summed E-state index contributed by atoms with van der Waals surface area (Å²) in [7, 11) is 0. The van der Waals surface area contributed by atoms with E-state index in [4.69, 9.17) is 11.5 Å². The molecule has 0 fully saturated rings. The number of nitrogens with two attached hydrogens (primary N) is 2. The van der Waals surface area contributed by atoms with E-state index in [1.165, 1.54) is 45.0 Å². The molecule has 0 spiro atoms. The van der Waals surface area contributed by atoms with Crippen molar-refractivity contribution < 1.29 is 57.8 Å². The number of hydrogen-bond donors (Lipinski definition) is 13. The average molecular weight is 890 g/mol. The zero-order chi connectivity index (χ0) is 48.0. The molecule has 63 heavy (non-hydrogen) atoms. The normalized spacial score (nSPS) is 12.2. The van der Waals surface area contributed by atoms with Crippen molar-refractivity contribution in [2.75, 3.05) is 32.7 Å². The molecular weight excluding hydrogens is 830 g/mol. The minimum absolute atomic E-state index is 0.0937. The van der Waals surface area contributed by atoms with Crippen LogP contribution in [-0.4, -0.2) is 139 Å². The van der Waals surface area contributed by atoms with Gasteiger partial charge in [-0.3, -0.25) is 52.7 Å². The highest BCUT2D eigenvalue weighted by Gasteiger charge is 2.31. The maximum Gasteiger partial charge on any atom is 0.305 e. The van der Waals surface area contributed by atoms with Crippen molar-refractivity contribution in [2.24, 2.45) is 22.4 Å². The minimum atomic E-state index is -1.66. The monoisotopic (exact) mass is 889 g/mol. The van der Waals surface area contributed by atoms with Gasteiger partial charge in [0, 0.05) is 11.6 Å². The summed E-state index contributed by atoms with van der Waals surface area (Å²) >= 11 is 0. The first-order chi connectivity index (χ1) is 29.3. The minimum Gasteiger partial charge on any atom is -0.481 e. The lowest BCUT2D eigenvalue weighted by atomic mass is 10.0. The molecule has 25 heteroatoms. The highest BCUT2D eigenvalue weighted by molar-refractivity contribution is 5.99. The van der Waals surface area contributed by atoms with Crippen molar-refractivity contribution >= 4 is 76.7 Å². The first kappa shape index (κ1) is 53.7. The van der Waals surface area contributed by atoms with Gasteiger partial charge in [-0.05, 0) is 65.2 Å². The summed E-state index contributed by atoms with van der Waals surface area (Å²) in [5.41, 5.74) is 9.58. The summed E-state index contributed by atoms with van der Waals surface area (Å²) in [5.74, 6) is -9.58. The molecule has 3 atom stereocenters. The van der Waals surface area contributed by atoms with Gasteiger partial charge in [0.1, 0.15) is 23.7 Å². The number of carbonyl (C=O) groups excluding carboxylic acids is 10. The lowest BCUT2D eigenvalue weighted by molar-refractivity contribution is -0.140. The molecular formula is C38H59N13O12. The third-order valence-corrected chi connectivity index (χ3v) is 8.08. The Balaban J connectivity index is 2.63. The van der Waals surface area contributed by atoms with E-state index in [0.717, 1.165) is 0 Å². The zero-order valence-electron chi connectivity index (χ0n) is 36.2. The number of aliphatic imine (C=N–C) groups is 1. The molecule has 0 aliphatic heterocycles. The van der Waals surface area contributed by atoms with Crippen molar-refractivity contribution in [2.45, 2.75) is 91.0 Å². The Morgan fingerprint density at radius 3 is 1.68 bits per heavy atom. The Labute approximate surface area is 363 Å². The first-order valence-electron chi connectivity index (χ1n) is 19.6. The Morgan fingerprint density at radius 2 is 1.13 bits per heavy atom. The average Bonchev–Trinajstić information content (AvgIpc) is 3.17. The molecule has 348 valence electrons. The molecule has 0 aliphatic rings. The summed E-state index contributed by atoms with van der Waals surface area (Å²) < 4.78 is 0. The third kappa shape index (κ3) is 22.2. The molecule has 1 aromatic carbocycles. The van der Waals surface area contributed by atoms with Crippen LogP contribution < -0.4 is 64.6 Å². The molecule has 0 aromatic heterocycles. The number of rotatable bonds is 25. The van der Waals surface area contributed by atoms with Gasteiger partial charge in [0.25, 0.3) is 5.91 Å². The van der Waals surface area contributed by atoms with Gasteiger partial charge in [-0.2, -0.15) is 0 Å². The summed E-state index contributed by atoms with van der Waals surface area (Å²) in [6, 6.07) is 1.59. The topological polar surface area (TPSA) is 393 Å². The van der Waals surface area contributed by atoms with Crippen molar-refractivity contribution in [3.63, 3.8) is 0 Å². The van der Waals surface area contributed by atoms with E-state index < -0.39 is 121 Å². The molecule has 10 amide bonds. The van der Waals surface area contributed by atoms with Gasteiger partial charge < -0.3 is 69.7 Å². The predicted octanol–water partition coefficient (Wildman–Crippen LogP) is -4.80. The van der Waals surface area contributed by atoms with Crippen LogP contribution in [0.25, 0.3) is 0 Å². The van der Waals surface area contributed by atoms with Crippen molar-refractivity contribution in [1.82, 2.24) is 53.2 Å². The van der Waals surface area contributed by atoms with Gasteiger partial charge in [0.15, 0.2) is 5.96 Å². The standard InChI is InChI=1S/C38H59N13O12/c1-19(2)11-24(34(61)44-18-30(56)51-38(6,7)36(63)45-17-26(52)46-20(3)4)49-28(54)15-41-32(59)21(5)47-27(53)14-43-35(62)25(13-31(57)58)50-29(55)16-42-33(60)22-9-8-10-23(12-22)48-37(39)40/h8-10,12,19-21,24-25H,11,13-18H2,1-7H3,(H,41,59)(H,42,60)(H,43,62)(H,44,61)(H,45,63)(H,46,52)(H,47,53)(H,49,54)(H,50,55)(H,51,56)(H,57,58)(H4,39,40,48)/t21-,24-,25-/m0/s1. The van der Waals surface area contributed by atoms with E-state index in [-0.39, 0.29) is 42.1 Å². The van der Waals surface area contributed by atoms with Crippen molar-refractivity contribution in [1.29, 1.82) is 0 Å². The molecule has 15 N–H and O–H groups in total. The van der Waals surface area contributed by atoms with Crippen LogP contribution in [0, 0.1) is 5.92 Å². The molecule has 1 aromatic rings. The SMILES string of the molecule is CC(C)C[C@H](NC(=O)CNC(=O)[C@H](C)NC(=O)CNC(=O)[C@H](CC(=O)O)NC(=O)CNC(=O)c1cccc(N=C(N)N)c1)C(=O)NCC(=O)NC(C)(C)C(=O)NCC(=O)NC(C)C. The van der Waals surface area contributed by atoms with Gasteiger partial charge in [-0.1, -0.05) is 19.9 Å². The van der Waals surface area contributed by atoms with Gasteiger partial charge in [0.2, 0.25) is 53.2 Å². The molecule has 1 rings (SSSR count). The van der Waals surface area contributed by atoms with Gasteiger partial charge in [-0.15, -0.1) is 0 Å². The third-order valence-electron chi connectivity index (χ3n) is 8.08. The summed E-state index contributed by atoms with van der Waals surface area (Å²) in [5, 5.41) is 32.8. The first-order valence-corrected chi connectivity index (χ1v) is 19.6. The smallest absolute Gasteiger partial charge is 0.305 e. The van der Waals surface area contributed by atoms with Crippen LogP contribution in [0.4, 0.5) is 5.69 Å². The lowest BCUT2D eigenvalue weighted by Gasteiger charge is -2.25. The van der Waals surface area contributed by atoms with Crippen LogP contribution in [0.3, 0.4) is 0 Å². The van der Waals surface area contributed by atoms with Crippen LogP contribution in [-0.2, 0) is 47.9 Å². The highest BCUT2D eigenvalue weighted by Crippen LogP contribution is 2.13. The number of hydrogen-bond acceptors (Lipinski definition) is 12. The lowest BCUT2D eigenvalue weighted by Crippen LogP contribution is -2.58. The van der Waals surface area contributed by atoms with Crippen molar-refractivity contribution in [3.8, 4) is 0 Å². The van der Waals surface area contributed by atoms with Crippen LogP contribution in [0.15, 0.2) is 29.3 Å². The molecule has 0 aliphatic carbocycles. The van der Waals surface area contributed by atoms with Crippen LogP contribution in [0.5, 0.6) is 0 Å². The van der Waals surface area contributed by atoms with E-state index in [2.05, 4.69) is 58.2 Å². The van der Waals surface area contributed by atoms with Gasteiger partial charge in [0.05, 0.1) is 44.8 Å². The number of aliphatic carboxylic acids is 1. The number of carboxylic acids is 1. The summed E-state index contributed by atoms with van der Waals surface area (Å²) in [6.45, 7) is 8.23. The Hall–Kier alpha value is -7.34. The van der Waals surface area contributed by atoms with Gasteiger partial charge >= 0.3 is 5.97 Å². The zero-order valence-corrected chi connectivity index (χ0v) is 36.2. The van der Waals surface area contributed by atoms with Crippen molar-refractivity contribution in [3.05, 3.63) is 29.8 Å². The number of nitrogens with zero attached hydrogens (tertiary/aromatic N) is 1. The number of guanidine groups is 1. The Kier molecular flexibility index (Phi) is 22.2. The van der Waals surface area contributed by atoms with E-state index in [1.807, 2.05) is 0 Å². The van der Waals surface area contributed by atoms with Gasteiger partial charge in [-0.25, -0.2) is 4.99 Å². The van der Waals surface area contributed by atoms with E-state index in [1.54, 1.807) is 27.7 Å².